The highest BCUT2D eigenvalue weighted by Gasteiger charge is 2.67. The molecule has 34 heavy (non-hydrogen) atoms. The number of amides is 1. The van der Waals surface area contributed by atoms with E-state index >= 15 is 0 Å². The second kappa shape index (κ2) is 8.64. The fourth-order valence-electron chi connectivity index (χ4n) is 5.79. The van der Waals surface area contributed by atoms with Crippen molar-refractivity contribution in [1.82, 2.24) is 9.88 Å². The highest BCUT2D eigenvalue weighted by molar-refractivity contribution is 6.31. The second-order valence-corrected chi connectivity index (χ2v) is 10.9. The van der Waals surface area contributed by atoms with Gasteiger partial charge in [-0.1, -0.05) is 59.1 Å². The molecule has 2 aromatic rings. The average Bonchev–Trinajstić information content (AvgIpc) is 3.10. The molecule has 1 aliphatic heterocycles. The zero-order valence-corrected chi connectivity index (χ0v) is 21.3. The molecule has 1 unspecified atom stereocenters. The van der Waals surface area contributed by atoms with Crippen LogP contribution < -0.4 is 4.74 Å². The minimum atomic E-state index is -0.305. The summed E-state index contributed by atoms with van der Waals surface area (Å²) in [6.07, 6.45) is 0.851. The SMILES string of the molecule is CCC(C)C#Cc1ccc2c(n1)CN(C1C(C)(C)C(Oc3ccc(C#N)c(Cl)c3)C1(C)C)C2=O. The number of fused-ring (bicyclic) bond motifs is 1. The molecule has 4 rings (SSSR count). The number of pyridine rings is 1. The normalized spacial score (nSPS) is 22.6. The summed E-state index contributed by atoms with van der Waals surface area (Å²) in [5.74, 6) is 7.31. The van der Waals surface area contributed by atoms with Gasteiger partial charge in [-0.2, -0.15) is 5.26 Å². The number of halogens is 1. The van der Waals surface area contributed by atoms with Crippen molar-refractivity contribution < 1.29 is 9.53 Å². The Kier molecular flexibility index (Phi) is 6.13. The van der Waals surface area contributed by atoms with E-state index < -0.39 is 0 Å². The Morgan fingerprint density at radius 1 is 1.24 bits per heavy atom. The first-order valence-corrected chi connectivity index (χ1v) is 12.1. The predicted octanol–water partition coefficient (Wildman–Crippen LogP) is 5.84. The first-order valence-electron chi connectivity index (χ1n) is 11.7. The van der Waals surface area contributed by atoms with Gasteiger partial charge in [-0.3, -0.25) is 4.79 Å². The Labute approximate surface area is 207 Å². The van der Waals surface area contributed by atoms with Crippen LogP contribution in [0.5, 0.6) is 5.75 Å². The number of rotatable bonds is 4. The lowest BCUT2D eigenvalue weighted by Gasteiger charge is -2.65. The number of nitrogens with zero attached hydrogens (tertiary/aromatic N) is 3. The molecule has 176 valence electrons. The standard InChI is InChI=1S/C28H30ClN3O2/c1-7-17(2)8-10-19-11-13-21-23(31-19)16-32(24(21)33)25-27(3,4)26(28(25,5)6)34-20-12-9-18(15-30)22(29)14-20/h9,11-14,17,25-26H,7,16H2,1-6H3. The third-order valence-corrected chi connectivity index (χ3v) is 7.54. The number of benzene rings is 1. The van der Waals surface area contributed by atoms with Crippen molar-refractivity contribution in [3.63, 3.8) is 0 Å². The maximum absolute atomic E-state index is 13.4. The van der Waals surface area contributed by atoms with Gasteiger partial charge in [-0.25, -0.2) is 4.98 Å². The number of carbonyl (C=O) groups excluding carboxylic acids is 1. The van der Waals surface area contributed by atoms with Crippen LogP contribution in [0.15, 0.2) is 30.3 Å². The maximum Gasteiger partial charge on any atom is 0.256 e. The summed E-state index contributed by atoms with van der Waals surface area (Å²) in [6, 6.07) is 10.9. The third-order valence-electron chi connectivity index (χ3n) is 7.23. The summed E-state index contributed by atoms with van der Waals surface area (Å²) in [5.41, 5.74) is 1.96. The molecule has 1 aliphatic carbocycles. The van der Waals surface area contributed by atoms with Crippen molar-refractivity contribution in [2.24, 2.45) is 16.7 Å². The molecule has 2 aliphatic rings. The Hall–Kier alpha value is -3.02. The predicted molar refractivity (Wildman–Crippen MR) is 132 cm³/mol. The smallest absolute Gasteiger partial charge is 0.256 e. The molecule has 6 heteroatoms. The Balaban J connectivity index is 1.56. The molecule has 0 radical (unpaired) electrons. The van der Waals surface area contributed by atoms with Gasteiger partial charge >= 0.3 is 0 Å². The van der Waals surface area contributed by atoms with Crippen molar-refractivity contribution in [2.45, 2.75) is 66.7 Å². The highest BCUT2D eigenvalue weighted by atomic mass is 35.5. The van der Waals surface area contributed by atoms with Gasteiger partial charge in [-0.15, -0.1) is 0 Å². The number of carbonyl (C=O) groups is 1. The molecule has 1 saturated carbocycles. The van der Waals surface area contributed by atoms with Crippen molar-refractivity contribution >= 4 is 17.5 Å². The monoisotopic (exact) mass is 475 g/mol. The minimum Gasteiger partial charge on any atom is -0.489 e. The molecule has 2 heterocycles. The third kappa shape index (κ3) is 3.93. The van der Waals surface area contributed by atoms with Crippen LogP contribution in [0, 0.1) is 39.9 Å². The van der Waals surface area contributed by atoms with E-state index in [1.54, 1.807) is 18.2 Å². The van der Waals surface area contributed by atoms with Gasteiger partial charge in [0.05, 0.1) is 28.4 Å². The van der Waals surface area contributed by atoms with Crippen molar-refractivity contribution in [1.29, 1.82) is 5.26 Å². The van der Waals surface area contributed by atoms with Gasteiger partial charge in [0.2, 0.25) is 0 Å². The lowest BCUT2D eigenvalue weighted by Crippen LogP contribution is -2.74. The maximum atomic E-state index is 13.4. The number of hydrogen-bond acceptors (Lipinski definition) is 4. The molecule has 1 aromatic carbocycles. The lowest BCUT2D eigenvalue weighted by atomic mass is 9.49. The molecule has 1 atom stereocenters. The lowest BCUT2D eigenvalue weighted by molar-refractivity contribution is -0.199. The van der Waals surface area contributed by atoms with Gasteiger partial charge in [0, 0.05) is 28.9 Å². The number of nitriles is 1. The van der Waals surface area contributed by atoms with E-state index in [9.17, 15) is 4.79 Å². The molecular formula is C28H30ClN3O2. The Morgan fingerprint density at radius 2 is 1.94 bits per heavy atom. The molecule has 0 N–H and O–H groups in total. The van der Waals surface area contributed by atoms with Crippen LogP contribution in [0.3, 0.4) is 0 Å². The van der Waals surface area contributed by atoms with E-state index in [1.165, 1.54) is 0 Å². The van der Waals surface area contributed by atoms with Gasteiger partial charge in [0.1, 0.15) is 23.6 Å². The average molecular weight is 476 g/mol. The van der Waals surface area contributed by atoms with Crippen LogP contribution in [0.1, 0.15) is 75.3 Å². The zero-order chi connectivity index (χ0) is 24.8. The Bertz CT molecular complexity index is 1230. The van der Waals surface area contributed by atoms with Crippen molar-refractivity contribution in [2.75, 3.05) is 0 Å². The van der Waals surface area contributed by atoms with E-state index in [-0.39, 0.29) is 28.9 Å². The summed E-state index contributed by atoms with van der Waals surface area (Å²) in [6.45, 7) is 13.2. The number of ether oxygens (including phenoxy) is 1. The molecule has 5 nitrogen and oxygen atoms in total. The molecule has 0 spiro atoms. The first kappa shape index (κ1) is 24.1. The fourth-order valence-corrected chi connectivity index (χ4v) is 6.01. The van der Waals surface area contributed by atoms with E-state index in [0.29, 0.717) is 40.1 Å². The van der Waals surface area contributed by atoms with Crippen molar-refractivity contribution in [3.05, 3.63) is 57.9 Å². The molecule has 1 aromatic heterocycles. The fraction of sp³-hybridized carbons (Fsp3) is 0.464. The number of hydrogen-bond donors (Lipinski definition) is 0. The van der Waals surface area contributed by atoms with Gasteiger partial charge in [-0.05, 0) is 36.6 Å². The van der Waals surface area contributed by atoms with Crippen LogP contribution in [0.4, 0.5) is 0 Å². The zero-order valence-electron chi connectivity index (χ0n) is 20.6. The summed E-state index contributed by atoms with van der Waals surface area (Å²) in [5, 5.41) is 9.50. The van der Waals surface area contributed by atoms with Gasteiger partial charge < -0.3 is 9.64 Å². The number of aromatic nitrogens is 1. The molecule has 1 fully saturated rings. The van der Waals surface area contributed by atoms with E-state index in [4.69, 9.17) is 26.6 Å². The highest BCUT2D eigenvalue weighted by Crippen LogP contribution is 2.59. The Morgan fingerprint density at radius 3 is 2.56 bits per heavy atom. The van der Waals surface area contributed by atoms with Crippen LogP contribution >= 0.6 is 11.6 Å². The topological polar surface area (TPSA) is 66.2 Å². The first-order chi connectivity index (χ1) is 16.0. The summed E-state index contributed by atoms with van der Waals surface area (Å²) >= 11 is 6.21. The quantitative estimate of drug-likeness (QED) is 0.521. The van der Waals surface area contributed by atoms with E-state index in [1.807, 2.05) is 17.0 Å². The molecule has 0 bridgehead atoms. The van der Waals surface area contributed by atoms with Crippen LogP contribution in [0.2, 0.25) is 5.02 Å². The van der Waals surface area contributed by atoms with Crippen molar-refractivity contribution in [3.8, 4) is 23.7 Å². The summed E-state index contributed by atoms with van der Waals surface area (Å²) in [7, 11) is 0. The second-order valence-electron chi connectivity index (χ2n) is 10.5. The van der Waals surface area contributed by atoms with E-state index in [0.717, 1.165) is 12.1 Å². The summed E-state index contributed by atoms with van der Waals surface area (Å²) < 4.78 is 6.38. The molecular weight excluding hydrogens is 446 g/mol. The van der Waals surface area contributed by atoms with Crippen LogP contribution in [-0.2, 0) is 6.54 Å². The largest absolute Gasteiger partial charge is 0.489 e. The van der Waals surface area contributed by atoms with Gasteiger partial charge in [0.25, 0.3) is 5.91 Å². The van der Waals surface area contributed by atoms with Crippen LogP contribution in [0.25, 0.3) is 0 Å². The molecule has 0 saturated heterocycles. The van der Waals surface area contributed by atoms with Crippen LogP contribution in [-0.4, -0.2) is 27.9 Å². The molecule has 1 amide bonds. The summed E-state index contributed by atoms with van der Waals surface area (Å²) in [4.78, 5) is 20.0. The minimum absolute atomic E-state index is 0.00922. The van der Waals surface area contributed by atoms with Gasteiger partial charge in [0.15, 0.2) is 0 Å². The van der Waals surface area contributed by atoms with E-state index in [2.05, 4.69) is 59.5 Å².